The second-order valence-electron chi connectivity index (χ2n) is 6.93. The zero-order chi connectivity index (χ0) is 19.4. The van der Waals surface area contributed by atoms with Crippen molar-refractivity contribution in [1.82, 2.24) is 14.8 Å². The minimum absolute atomic E-state index is 0.150. The lowest BCUT2D eigenvalue weighted by Gasteiger charge is -2.18. The van der Waals surface area contributed by atoms with E-state index in [1.807, 2.05) is 26.2 Å². The van der Waals surface area contributed by atoms with Gasteiger partial charge in [-0.2, -0.15) is 5.10 Å². The summed E-state index contributed by atoms with van der Waals surface area (Å²) in [5.74, 6) is 0.804. The molecule has 0 bridgehead atoms. The number of carbonyl (C=O) groups is 1. The van der Waals surface area contributed by atoms with Crippen molar-refractivity contribution in [2.24, 2.45) is 0 Å². The van der Waals surface area contributed by atoms with Crippen molar-refractivity contribution in [2.45, 2.75) is 32.9 Å². The van der Waals surface area contributed by atoms with Crippen molar-refractivity contribution in [2.75, 3.05) is 12.4 Å². The number of hydrogen-bond donors (Lipinski definition) is 1. The lowest BCUT2D eigenvalue weighted by molar-refractivity contribution is 0.102. The van der Waals surface area contributed by atoms with E-state index in [4.69, 9.17) is 9.47 Å². The molecule has 0 aliphatic rings. The summed E-state index contributed by atoms with van der Waals surface area (Å²) < 4.78 is 12.9. The minimum Gasteiger partial charge on any atom is -0.493 e. The van der Waals surface area contributed by atoms with E-state index in [0.29, 0.717) is 29.4 Å². The van der Waals surface area contributed by atoms with Crippen LogP contribution in [0.5, 0.6) is 11.5 Å². The molecule has 7 nitrogen and oxygen atoms in total. The number of amides is 1. The number of nitrogens with zero attached hydrogens (tertiary/aromatic N) is 3. The second-order valence-corrected chi connectivity index (χ2v) is 7.65. The Labute approximate surface area is 162 Å². The van der Waals surface area contributed by atoms with Crippen LogP contribution in [0.3, 0.4) is 0 Å². The molecule has 8 heteroatoms. The van der Waals surface area contributed by atoms with E-state index in [2.05, 4.69) is 15.4 Å². The molecule has 0 unspecified atom stereocenters. The molecule has 0 radical (unpaired) electrons. The zero-order valence-electron chi connectivity index (χ0n) is 15.7. The summed E-state index contributed by atoms with van der Waals surface area (Å²) in [6.07, 6.45) is 3.44. The number of aromatic nitrogens is 3. The van der Waals surface area contributed by atoms with E-state index in [1.54, 1.807) is 47.9 Å². The number of rotatable bonds is 6. The van der Waals surface area contributed by atoms with E-state index in [0.717, 1.165) is 5.69 Å². The van der Waals surface area contributed by atoms with Gasteiger partial charge in [0, 0.05) is 17.1 Å². The van der Waals surface area contributed by atoms with Crippen LogP contribution < -0.4 is 14.8 Å². The Morgan fingerprint density at radius 2 is 2.11 bits per heavy atom. The van der Waals surface area contributed by atoms with Crippen LogP contribution in [0.4, 0.5) is 5.69 Å². The molecule has 1 N–H and O–H groups in total. The maximum Gasteiger partial charge on any atom is 0.255 e. The molecule has 3 aromatic rings. The average Bonchev–Trinajstić information content (AvgIpc) is 3.31. The number of nitrogens with one attached hydrogen (secondary N) is 1. The first-order chi connectivity index (χ1) is 12.9. The van der Waals surface area contributed by atoms with Gasteiger partial charge in [-0.3, -0.25) is 9.48 Å². The van der Waals surface area contributed by atoms with Gasteiger partial charge in [0.1, 0.15) is 6.61 Å². The van der Waals surface area contributed by atoms with Gasteiger partial charge in [-0.1, -0.05) is 0 Å². The number of thiazole rings is 1. The Kier molecular flexibility index (Phi) is 5.46. The Morgan fingerprint density at radius 3 is 2.74 bits per heavy atom. The van der Waals surface area contributed by atoms with Crippen LogP contribution in [0.25, 0.3) is 0 Å². The fourth-order valence-electron chi connectivity index (χ4n) is 2.35. The predicted octanol–water partition coefficient (Wildman–Crippen LogP) is 3.93. The monoisotopic (exact) mass is 386 g/mol. The molecule has 2 aromatic heterocycles. The van der Waals surface area contributed by atoms with Gasteiger partial charge in [-0.25, -0.2) is 4.98 Å². The molecule has 1 amide bonds. The highest BCUT2D eigenvalue weighted by molar-refractivity contribution is 7.07. The minimum atomic E-state index is -0.243. The molecule has 0 saturated carbocycles. The number of carbonyl (C=O) groups excluding carboxylic acids is 1. The SMILES string of the molecule is COc1cc(C(=O)Nc2cnn(C(C)(C)C)c2)ccc1OCc1cscn1. The first-order valence-electron chi connectivity index (χ1n) is 8.41. The number of anilines is 1. The molecular weight excluding hydrogens is 364 g/mol. The number of methoxy groups -OCH3 is 1. The third kappa shape index (κ3) is 4.65. The highest BCUT2D eigenvalue weighted by atomic mass is 32.1. The summed E-state index contributed by atoms with van der Waals surface area (Å²) in [6.45, 7) is 6.47. The van der Waals surface area contributed by atoms with Gasteiger partial charge in [-0.05, 0) is 39.0 Å². The molecule has 0 fully saturated rings. The van der Waals surface area contributed by atoms with Crippen molar-refractivity contribution in [3.63, 3.8) is 0 Å². The fourth-order valence-corrected chi connectivity index (χ4v) is 2.89. The molecular formula is C19H22N4O3S. The lowest BCUT2D eigenvalue weighted by Crippen LogP contribution is -2.22. The predicted molar refractivity (Wildman–Crippen MR) is 105 cm³/mol. The van der Waals surface area contributed by atoms with Crippen LogP contribution in [-0.4, -0.2) is 27.8 Å². The van der Waals surface area contributed by atoms with Crippen molar-refractivity contribution in [1.29, 1.82) is 0 Å². The molecule has 27 heavy (non-hydrogen) atoms. The highest BCUT2D eigenvalue weighted by Crippen LogP contribution is 2.29. The molecule has 0 aliphatic heterocycles. The summed E-state index contributed by atoms with van der Waals surface area (Å²) in [6, 6.07) is 5.07. The van der Waals surface area contributed by atoms with E-state index < -0.39 is 0 Å². The smallest absolute Gasteiger partial charge is 0.255 e. The maximum absolute atomic E-state index is 12.5. The maximum atomic E-state index is 12.5. The van der Waals surface area contributed by atoms with Crippen LogP contribution in [0.15, 0.2) is 41.5 Å². The van der Waals surface area contributed by atoms with Crippen molar-refractivity contribution < 1.29 is 14.3 Å². The summed E-state index contributed by atoms with van der Waals surface area (Å²) in [5, 5.41) is 9.05. The Balaban J connectivity index is 1.70. The molecule has 0 saturated heterocycles. The molecule has 0 aliphatic carbocycles. The molecule has 0 spiro atoms. The van der Waals surface area contributed by atoms with Gasteiger partial charge in [0.25, 0.3) is 5.91 Å². The van der Waals surface area contributed by atoms with E-state index in [1.165, 1.54) is 11.3 Å². The van der Waals surface area contributed by atoms with Gasteiger partial charge in [0.15, 0.2) is 11.5 Å². The first kappa shape index (κ1) is 18.9. The fraction of sp³-hybridized carbons (Fsp3) is 0.316. The summed E-state index contributed by atoms with van der Waals surface area (Å²) in [5.41, 5.74) is 3.56. The van der Waals surface area contributed by atoms with Crippen LogP contribution in [0.2, 0.25) is 0 Å². The molecule has 3 rings (SSSR count). The summed E-state index contributed by atoms with van der Waals surface area (Å²) in [4.78, 5) is 16.7. The molecule has 0 atom stereocenters. The van der Waals surface area contributed by atoms with Crippen molar-refractivity contribution in [3.8, 4) is 11.5 Å². The highest BCUT2D eigenvalue weighted by Gasteiger charge is 2.16. The van der Waals surface area contributed by atoms with Crippen LogP contribution in [0.1, 0.15) is 36.8 Å². The molecule has 2 heterocycles. The van der Waals surface area contributed by atoms with E-state index in [-0.39, 0.29) is 11.4 Å². The number of benzene rings is 1. The standard InChI is InChI=1S/C19H22N4O3S/c1-19(2,3)23-9-14(8-21-23)22-18(24)13-5-6-16(17(7-13)25-4)26-10-15-11-27-12-20-15/h5-9,11-12H,10H2,1-4H3,(H,22,24). The van der Waals surface area contributed by atoms with Gasteiger partial charge in [-0.15, -0.1) is 11.3 Å². The van der Waals surface area contributed by atoms with Crippen LogP contribution >= 0.6 is 11.3 Å². The quantitative estimate of drug-likeness (QED) is 0.694. The van der Waals surface area contributed by atoms with Gasteiger partial charge in [0.2, 0.25) is 0 Å². The van der Waals surface area contributed by atoms with Crippen molar-refractivity contribution >= 4 is 22.9 Å². The molecule has 142 valence electrons. The third-order valence-corrected chi connectivity index (χ3v) is 4.45. The lowest BCUT2D eigenvalue weighted by atomic mass is 10.1. The summed E-state index contributed by atoms with van der Waals surface area (Å²) in [7, 11) is 1.54. The third-order valence-electron chi connectivity index (χ3n) is 3.81. The van der Waals surface area contributed by atoms with Gasteiger partial charge in [0.05, 0.1) is 35.7 Å². The Hall–Kier alpha value is -2.87. The van der Waals surface area contributed by atoms with E-state index in [9.17, 15) is 4.79 Å². The van der Waals surface area contributed by atoms with Gasteiger partial charge < -0.3 is 14.8 Å². The van der Waals surface area contributed by atoms with E-state index >= 15 is 0 Å². The second kappa shape index (κ2) is 7.79. The van der Waals surface area contributed by atoms with Crippen LogP contribution in [-0.2, 0) is 12.1 Å². The largest absolute Gasteiger partial charge is 0.493 e. The average molecular weight is 386 g/mol. The van der Waals surface area contributed by atoms with Crippen LogP contribution in [0, 0.1) is 0 Å². The normalized spacial score (nSPS) is 11.3. The van der Waals surface area contributed by atoms with Crippen molar-refractivity contribution in [3.05, 3.63) is 52.7 Å². The first-order valence-corrected chi connectivity index (χ1v) is 9.35. The topological polar surface area (TPSA) is 78.3 Å². The Bertz CT molecular complexity index is 913. The Morgan fingerprint density at radius 1 is 1.30 bits per heavy atom. The number of hydrogen-bond acceptors (Lipinski definition) is 6. The molecule has 1 aromatic carbocycles. The zero-order valence-corrected chi connectivity index (χ0v) is 16.5. The summed E-state index contributed by atoms with van der Waals surface area (Å²) >= 11 is 1.51. The van der Waals surface area contributed by atoms with Gasteiger partial charge >= 0.3 is 0 Å². The number of ether oxygens (including phenoxy) is 2.